The summed E-state index contributed by atoms with van der Waals surface area (Å²) in [5, 5.41) is 17.8. The zero-order chi connectivity index (χ0) is 14.9. The van der Waals surface area contributed by atoms with Crippen molar-refractivity contribution in [3.05, 3.63) is 38.5 Å². The van der Waals surface area contributed by atoms with E-state index < -0.39 is 5.82 Å². The molecule has 0 unspecified atom stereocenters. The Balaban J connectivity index is 2.42. The molecule has 1 aromatic carbocycles. The monoisotopic (exact) mass is 361 g/mol. The van der Waals surface area contributed by atoms with E-state index in [2.05, 4.69) is 31.3 Å². The van der Waals surface area contributed by atoms with Gasteiger partial charge in [-0.3, -0.25) is 4.57 Å². The molecule has 0 atom stereocenters. The SMILES string of the molecule is Cn1c(Sc2ccc(/C(N)=N/O)c(Br)c2F)n[nH]c1=O. The maximum absolute atomic E-state index is 14.2. The average molecular weight is 362 g/mol. The summed E-state index contributed by atoms with van der Waals surface area (Å²) in [7, 11) is 1.52. The number of benzene rings is 1. The van der Waals surface area contributed by atoms with Gasteiger partial charge in [0.1, 0.15) is 0 Å². The molecule has 1 heterocycles. The third-order valence-corrected chi connectivity index (χ3v) is 4.33. The lowest BCUT2D eigenvalue weighted by molar-refractivity contribution is 0.318. The Morgan fingerprint density at radius 3 is 2.90 bits per heavy atom. The second-order valence-electron chi connectivity index (χ2n) is 3.70. The Labute approximate surface area is 124 Å². The van der Waals surface area contributed by atoms with Gasteiger partial charge in [0.25, 0.3) is 0 Å². The van der Waals surface area contributed by atoms with Gasteiger partial charge in [0, 0.05) is 12.6 Å². The summed E-state index contributed by atoms with van der Waals surface area (Å²) in [5.74, 6) is -0.797. The lowest BCUT2D eigenvalue weighted by atomic mass is 10.2. The van der Waals surface area contributed by atoms with Crippen molar-refractivity contribution in [3.8, 4) is 0 Å². The molecule has 7 nitrogen and oxygen atoms in total. The normalized spacial score (nSPS) is 11.8. The lowest BCUT2D eigenvalue weighted by Crippen LogP contribution is -2.14. The minimum absolute atomic E-state index is 0.0679. The van der Waals surface area contributed by atoms with Gasteiger partial charge in [-0.2, -0.15) is 0 Å². The van der Waals surface area contributed by atoms with E-state index in [-0.39, 0.29) is 26.5 Å². The highest BCUT2D eigenvalue weighted by Crippen LogP contribution is 2.33. The summed E-state index contributed by atoms with van der Waals surface area (Å²) in [6, 6.07) is 2.95. The molecule has 106 valence electrons. The van der Waals surface area contributed by atoms with Gasteiger partial charge >= 0.3 is 5.69 Å². The Morgan fingerprint density at radius 1 is 1.65 bits per heavy atom. The van der Waals surface area contributed by atoms with Gasteiger partial charge in [0.2, 0.25) is 0 Å². The van der Waals surface area contributed by atoms with Crippen molar-refractivity contribution in [2.75, 3.05) is 0 Å². The first kappa shape index (κ1) is 14.6. The Morgan fingerprint density at radius 2 is 2.35 bits per heavy atom. The second kappa shape index (κ2) is 5.67. The molecule has 0 amide bonds. The molecule has 0 aliphatic rings. The Hall–Kier alpha value is -1.81. The van der Waals surface area contributed by atoms with Gasteiger partial charge in [0.05, 0.1) is 9.37 Å². The van der Waals surface area contributed by atoms with Gasteiger partial charge < -0.3 is 10.9 Å². The largest absolute Gasteiger partial charge is 0.409 e. The number of nitrogens with zero attached hydrogens (tertiary/aromatic N) is 3. The van der Waals surface area contributed by atoms with Crippen LogP contribution in [0.4, 0.5) is 4.39 Å². The number of hydrogen-bond acceptors (Lipinski definition) is 5. The zero-order valence-electron chi connectivity index (χ0n) is 10.1. The van der Waals surface area contributed by atoms with Crippen LogP contribution in [-0.4, -0.2) is 25.8 Å². The molecule has 0 aliphatic heterocycles. The van der Waals surface area contributed by atoms with Crippen molar-refractivity contribution in [1.82, 2.24) is 14.8 Å². The molecule has 0 aliphatic carbocycles. The predicted octanol–water partition coefficient (Wildman–Crippen LogP) is 1.26. The Kier molecular flexibility index (Phi) is 4.14. The fraction of sp³-hybridized carbons (Fsp3) is 0.100. The van der Waals surface area contributed by atoms with Gasteiger partial charge in [-0.05, 0) is 39.8 Å². The summed E-state index contributed by atoms with van der Waals surface area (Å²) < 4.78 is 15.5. The first-order chi connectivity index (χ1) is 9.45. The van der Waals surface area contributed by atoms with E-state index in [9.17, 15) is 9.18 Å². The van der Waals surface area contributed by atoms with Crippen LogP contribution in [0.2, 0.25) is 0 Å². The molecule has 20 heavy (non-hydrogen) atoms. The molecule has 0 fully saturated rings. The number of nitrogens with two attached hydrogens (primary N) is 1. The third-order valence-electron chi connectivity index (χ3n) is 2.47. The number of aromatic nitrogens is 3. The van der Waals surface area contributed by atoms with Crippen LogP contribution in [0.25, 0.3) is 0 Å². The number of halogens is 2. The maximum atomic E-state index is 14.2. The summed E-state index contributed by atoms with van der Waals surface area (Å²) >= 11 is 4.03. The van der Waals surface area contributed by atoms with Gasteiger partial charge in [-0.15, -0.1) is 5.10 Å². The van der Waals surface area contributed by atoms with E-state index in [1.54, 1.807) is 0 Å². The van der Waals surface area contributed by atoms with Gasteiger partial charge in [0.15, 0.2) is 16.8 Å². The summed E-state index contributed by atoms with van der Waals surface area (Å²) in [6.45, 7) is 0. The predicted molar refractivity (Wildman–Crippen MR) is 74.6 cm³/mol. The molecule has 0 saturated carbocycles. The number of nitrogens with one attached hydrogen (secondary N) is 1. The Bertz CT molecular complexity index is 742. The molecule has 0 radical (unpaired) electrons. The van der Waals surface area contributed by atoms with Crippen LogP contribution in [0, 0.1) is 5.82 Å². The summed E-state index contributed by atoms with van der Waals surface area (Å²) in [6.07, 6.45) is 0. The molecule has 2 rings (SSSR count). The van der Waals surface area contributed by atoms with Crippen molar-refractivity contribution < 1.29 is 9.60 Å². The van der Waals surface area contributed by atoms with Gasteiger partial charge in [-0.25, -0.2) is 14.3 Å². The first-order valence-electron chi connectivity index (χ1n) is 5.20. The van der Waals surface area contributed by atoms with Crippen LogP contribution in [0.1, 0.15) is 5.56 Å². The van der Waals surface area contributed by atoms with Crippen molar-refractivity contribution in [3.63, 3.8) is 0 Å². The molecule has 0 spiro atoms. The number of hydrogen-bond donors (Lipinski definition) is 3. The number of H-pyrrole nitrogens is 1. The fourth-order valence-corrected chi connectivity index (χ4v) is 2.90. The second-order valence-corrected chi connectivity index (χ2v) is 5.50. The zero-order valence-corrected chi connectivity index (χ0v) is 12.5. The van der Waals surface area contributed by atoms with E-state index in [1.807, 2.05) is 0 Å². The third kappa shape index (κ3) is 2.56. The number of aromatic amines is 1. The van der Waals surface area contributed by atoms with Crippen LogP contribution in [0.15, 0.2) is 36.6 Å². The average Bonchev–Trinajstić information content (AvgIpc) is 2.75. The first-order valence-corrected chi connectivity index (χ1v) is 6.81. The molecular formula is C10H9BrFN5O2S. The van der Waals surface area contributed by atoms with Crippen LogP contribution < -0.4 is 11.4 Å². The highest BCUT2D eigenvalue weighted by Gasteiger charge is 2.16. The minimum Gasteiger partial charge on any atom is -0.409 e. The number of rotatable bonds is 3. The van der Waals surface area contributed by atoms with Crippen LogP contribution >= 0.6 is 27.7 Å². The van der Waals surface area contributed by atoms with Crippen molar-refractivity contribution >= 4 is 33.5 Å². The summed E-state index contributed by atoms with van der Waals surface area (Å²) in [4.78, 5) is 11.5. The molecular weight excluding hydrogens is 353 g/mol. The van der Waals surface area contributed by atoms with Crippen molar-refractivity contribution in [2.24, 2.45) is 17.9 Å². The molecule has 1 aromatic heterocycles. The van der Waals surface area contributed by atoms with E-state index >= 15 is 0 Å². The number of oxime groups is 1. The van der Waals surface area contributed by atoms with Crippen molar-refractivity contribution in [2.45, 2.75) is 10.1 Å². The standard InChI is InChI=1S/C10H9BrFN5O2S/c1-17-9(18)14-15-10(17)20-5-3-2-4(8(13)16-19)6(11)7(5)12/h2-3,19H,1H3,(H2,13,16)(H,14,18). The molecule has 0 bridgehead atoms. The van der Waals surface area contributed by atoms with Crippen molar-refractivity contribution in [1.29, 1.82) is 0 Å². The smallest absolute Gasteiger partial charge is 0.343 e. The van der Waals surface area contributed by atoms with Gasteiger partial charge in [-0.1, -0.05) is 5.16 Å². The fourth-order valence-electron chi connectivity index (χ4n) is 1.38. The topological polar surface area (TPSA) is 109 Å². The van der Waals surface area contributed by atoms with E-state index in [0.717, 1.165) is 11.8 Å². The van der Waals surface area contributed by atoms with E-state index in [1.165, 1.54) is 23.7 Å². The molecule has 2 aromatic rings. The maximum Gasteiger partial charge on any atom is 0.343 e. The van der Waals surface area contributed by atoms with Crippen LogP contribution in [0.3, 0.4) is 0 Å². The molecule has 4 N–H and O–H groups in total. The minimum atomic E-state index is -0.588. The highest BCUT2D eigenvalue weighted by molar-refractivity contribution is 9.10. The highest BCUT2D eigenvalue weighted by atomic mass is 79.9. The van der Waals surface area contributed by atoms with Crippen LogP contribution in [0.5, 0.6) is 0 Å². The van der Waals surface area contributed by atoms with Crippen LogP contribution in [-0.2, 0) is 7.05 Å². The molecule has 10 heteroatoms. The number of amidine groups is 1. The summed E-state index contributed by atoms with van der Waals surface area (Å²) in [5.41, 5.74) is 5.27. The quantitative estimate of drug-likeness (QED) is 0.330. The van der Waals surface area contributed by atoms with E-state index in [4.69, 9.17) is 10.9 Å². The molecule has 0 saturated heterocycles. The van der Waals surface area contributed by atoms with E-state index in [0.29, 0.717) is 5.16 Å². The lowest BCUT2D eigenvalue weighted by Gasteiger charge is -2.07.